The number of carbonyl (C=O) groups excluding carboxylic acids is 1. The lowest BCUT2D eigenvalue weighted by Gasteiger charge is -2.34. The summed E-state index contributed by atoms with van der Waals surface area (Å²) in [5.41, 5.74) is 4.43. The van der Waals surface area contributed by atoms with Crippen LogP contribution in [0, 0.1) is 13.8 Å². The molecule has 3 rings (SSSR count). The lowest BCUT2D eigenvalue weighted by Crippen LogP contribution is -2.47. The molecule has 24 heavy (non-hydrogen) atoms. The number of rotatable bonds is 3. The fourth-order valence-corrected chi connectivity index (χ4v) is 4.09. The van der Waals surface area contributed by atoms with Crippen LogP contribution in [-0.2, 0) is 11.3 Å². The largest absolute Gasteiger partial charge is 0.340 e. The molecule has 0 atom stereocenters. The van der Waals surface area contributed by atoms with E-state index in [4.69, 9.17) is 0 Å². The van der Waals surface area contributed by atoms with Crippen LogP contribution in [0.5, 0.6) is 0 Å². The van der Waals surface area contributed by atoms with Crippen molar-refractivity contribution in [2.24, 2.45) is 0 Å². The second-order valence-electron chi connectivity index (χ2n) is 6.41. The van der Waals surface area contributed by atoms with Crippen molar-refractivity contribution < 1.29 is 4.79 Å². The summed E-state index contributed by atoms with van der Waals surface area (Å²) in [6.07, 6.45) is 0. The van der Waals surface area contributed by atoms with Crippen LogP contribution in [0.2, 0.25) is 0 Å². The fraction of sp³-hybridized carbons (Fsp3) is 0.444. The molecule has 1 aliphatic heterocycles. The number of nitrogens with one attached hydrogen (secondary N) is 1. The molecule has 1 fully saturated rings. The number of aromatic nitrogens is 1. The Morgan fingerprint density at radius 1 is 1.21 bits per heavy atom. The minimum atomic E-state index is -0.0117. The summed E-state index contributed by atoms with van der Waals surface area (Å²) in [4.78, 5) is 31.6. The van der Waals surface area contributed by atoms with Crippen molar-refractivity contribution in [3.05, 3.63) is 43.9 Å². The highest BCUT2D eigenvalue weighted by atomic mass is 32.1. The predicted molar refractivity (Wildman–Crippen MR) is 97.4 cm³/mol. The summed E-state index contributed by atoms with van der Waals surface area (Å²) in [7, 11) is 0. The summed E-state index contributed by atoms with van der Waals surface area (Å²) >= 11 is 1.29. The number of aromatic amines is 1. The van der Waals surface area contributed by atoms with Gasteiger partial charge in [-0.1, -0.05) is 35.1 Å². The molecule has 6 heteroatoms. The molecule has 1 aromatic heterocycles. The number of benzene rings is 1. The lowest BCUT2D eigenvalue weighted by molar-refractivity contribution is -0.130. The molecular weight excluding hydrogens is 322 g/mol. The average molecular weight is 345 g/mol. The molecule has 5 nitrogen and oxygen atoms in total. The Kier molecular flexibility index (Phi) is 4.87. The van der Waals surface area contributed by atoms with Crippen molar-refractivity contribution in [3.63, 3.8) is 0 Å². The highest BCUT2D eigenvalue weighted by Crippen LogP contribution is 2.28. The molecule has 128 valence electrons. The Labute approximate surface area is 145 Å². The first-order valence-corrected chi connectivity index (χ1v) is 9.03. The zero-order valence-electron chi connectivity index (χ0n) is 14.4. The van der Waals surface area contributed by atoms with Gasteiger partial charge in [0.05, 0.1) is 5.69 Å². The minimum Gasteiger partial charge on any atom is -0.340 e. The van der Waals surface area contributed by atoms with E-state index in [0.717, 1.165) is 48.9 Å². The molecule has 0 unspecified atom stereocenters. The van der Waals surface area contributed by atoms with Gasteiger partial charge in [0.1, 0.15) is 0 Å². The molecule has 0 radical (unpaired) electrons. The number of carbonyl (C=O) groups is 1. The molecule has 2 aromatic rings. The quantitative estimate of drug-likeness (QED) is 0.929. The van der Waals surface area contributed by atoms with Gasteiger partial charge in [-0.25, -0.2) is 0 Å². The molecule has 1 aromatic carbocycles. The van der Waals surface area contributed by atoms with Gasteiger partial charge in [-0.2, -0.15) is 0 Å². The topological polar surface area (TPSA) is 56.4 Å². The third kappa shape index (κ3) is 3.60. The standard InChI is InChI=1S/C18H23N3O2S/c1-12-4-5-15(13(2)10-12)17-16(24-18(23)19-17)11-20-6-8-21(9-7-20)14(3)22/h4-5,10H,6-9,11H2,1-3H3,(H,19,23). The SMILES string of the molecule is CC(=O)N1CCN(Cc2sc(=O)[nH]c2-c2ccc(C)cc2C)CC1. The van der Waals surface area contributed by atoms with Crippen LogP contribution in [0.15, 0.2) is 23.0 Å². The molecular formula is C18H23N3O2S. The fourth-order valence-electron chi connectivity index (χ4n) is 3.21. The predicted octanol–water partition coefficient (Wildman–Crippen LogP) is 2.38. The highest BCUT2D eigenvalue weighted by molar-refractivity contribution is 7.09. The monoisotopic (exact) mass is 345 g/mol. The van der Waals surface area contributed by atoms with E-state index in [2.05, 4.69) is 41.9 Å². The number of nitrogens with zero attached hydrogens (tertiary/aromatic N) is 2. The number of H-pyrrole nitrogens is 1. The van der Waals surface area contributed by atoms with Gasteiger partial charge in [-0.3, -0.25) is 14.5 Å². The smallest absolute Gasteiger partial charge is 0.305 e. The Bertz CT molecular complexity index is 801. The Balaban J connectivity index is 1.80. The third-order valence-corrected chi connectivity index (χ3v) is 5.42. The van der Waals surface area contributed by atoms with E-state index < -0.39 is 0 Å². The van der Waals surface area contributed by atoms with Gasteiger partial charge in [0.15, 0.2) is 0 Å². The number of piperazine rings is 1. The van der Waals surface area contributed by atoms with Gasteiger partial charge >= 0.3 is 4.87 Å². The Hall–Kier alpha value is -1.92. The molecule has 1 aliphatic rings. The average Bonchev–Trinajstić information content (AvgIpc) is 2.88. The van der Waals surface area contributed by atoms with Crippen LogP contribution >= 0.6 is 11.3 Å². The summed E-state index contributed by atoms with van der Waals surface area (Å²) in [5.74, 6) is 0.136. The van der Waals surface area contributed by atoms with Crippen molar-refractivity contribution in [1.29, 1.82) is 0 Å². The van der Waals surface area contributed by atoms with Crippen LogP contribution in [0.25, 0.3) is 11.3 Å². The van der Waals surface area contributed by atoms with E-state index in [1.165, 1.54) is 22.5 Å². The van der Waals surface area contributed by atoms with E-state index >= 15 is 0 Å². The van der Waals surface area contributed by atoms with Crippen LogP contribution in [0.4, 0.5) is 0 Å². The number of hydrogen-bond donors (Lipinski definition) is 1. The lowest BCUT2D eigenvalue weighted by atomic mass is 10.0. The second-order valence-corrected chi connectivity index (χ2v) is 7.48. The van der Waals surface area contributed by atoms with Crippen molar-refractivity contribution >= 4 is 17.2 Å². The summed E-state index contributed by atoms with van der Waals surface area (Å²) < 4.78 is 0. The van der Waals surface area contributed by atoms with Crippen LogP contribution in [0.1, 0.15) is 22.9 Å². The number of amides is 1. The molecule has 0 aliphatic carbocycles. The normalized spacial score (nSPS) is 15.7. The van der Waals surface area contributed by atoms with Crippen LogP contribution in [-0.4, -0.2) is 46.9 Å². The van der Waals surface area contributed by atoms with E-state index in [1.54, 1.807) is 6.92 Å². The van der Waals surface area contributed by atoms with Crippen molar-refractivity contribution in [3.8, 4) is 11.3 Å². The van der Waals surface area contributed by atoms with Crippen molar-refractivity contribution in [1.82, 2.24) is 14.8 Å². The maximum Gasteiger partial charge on any atom is 0.305 e. The molecule has 1 amide bonds. The summed E-state index contributed by atoms with van der Waals surface area (Å²) in [6, 6.07) is 6.30. The first-order chi connectivity index (χ1) is 11.4. The maximum atomic E-state index is 11.9. The van der Waals surface area contributed by atoms with E-state index in [0.29, 0.717) is 0 Å². The summed E-state index contributed by atoms with van der Waals surface area (Å²) in [6.45, 7) is 9.72. The van der Waals surface area contributed by atoms with Crippen molar-refractivity contribution in [2.75, 3.05) is 26.2 Å². The molecule has 0 spiro atoms. The highest BCUT2D eigenvalue weighted by Gasteiger charge is 2.21. The van der Waals surface area contributed by atoms with Crippen molar-refractivity contribution in [2.45, 2.75) is 27.3 Å². The van der Waals surface area contributed by atoms with E-state index in [9.17, 15) is 9.59 Å². The zero-order valence-corrected chi connectivity index (χ0v) is 15.2. The number of thiazole rings is 1. The van der Waals surface area contributed by atoms with Gasteiger partial charge in [0, 0.05) is 50.1 Å². The minimum absolute atomic E-state index is 0.0117. The van der Waals surface area contributed by atoms with Gasteiger partial charge in [-0.05, 0) is 19.4 Å². The van der Waals surface area contributed by atoms with Gasteiger partial charge < -0.3 is 9.88 Å². The van der Waals surface area contributed by atoms with Crippen LogP contribution in [0.3, 0.4) is 0 Å². The van der Waals surface area contributed by atoms with Gasteiger partial charge in [0.25, 0.3) is 0 Å². The summed E-state index contributed by atoms with van der Waals surface area (Å²) in [5, 5.41) is 0. The molecule has 1 saturated heterocycles. The molecule has 0 bridgehead atoms. The molecule has 1 N–H and O–H groups in total. The molecule has 2 heterocycles. The third-order valence-electron chi connectivity index (χ3n) is 4.56. The number of hydrogen-bond acceptors (Lipinski definition) is 4. The first-order valence-electron chi connectivity index (χ1n) is 8.21. The van der Waals surface area contributed by atoms with Gasteiger partial charge in [0.2, 0.25) is 5.91 Å². The molecule has 0 saturated carbocycles. The zero-order chi connectivity index (χ0) is 17.3. The number of aryl methyl sites for hydroxylation is 2. The Morgan fingerprint density at radius 3 is 2.54 bits per heavy atom. The van der Waals surface area contributed by atoms with E-state index in [-0.39, 0.29) is 10.8 Å². The van der Waals surface area contributed by atoms with Gasteiger partial charge in [-0.15, -0.1) is 0 Å². The van der Waals surface area contributed by atoms with E-state index in [1.807, 2.05) is 4.90 Å². The Morgan fingerprint density at radius 2 is 1.92 bits per heavy atom. The van der Waals surface area contributed by atoms with Crippen LogP contribution < -0.4 is 4.87 Å². The second kappa shape index (κ2) is 6.91. The maximum absolute atomic E-state index is 11.9. The first kappa shape index (κ1) is 16.9.